The standard InChI is InChI=1S/C14H16N6O3S/c1-20(2)10-5-3-9(4-6-10)7-15-17-11(21)8-24-13-12(22)16-14(23)19-18-13/h3-7H,8H2,1-2H3,(H,17,21)(H2,16,19,22,23)/b15-7+. The molecule has 10 heteroatoms. The van der Waals surface area contributed by atoms with E-state index in [1.807, 2.05) is 48.2 Å². The van der Waals surface area contributed by atoms with Crippen LogP contribution in [0.25, 0.3) is 0 Å². The topological polar surface area (TPSA) is 123 Å². The van der Waals surface area contributed by atoms with Crippen molar-refractivity contribution < 1.29 is 4.79 Å². The largest absolute Gasteiger partial charge is 0.378 e. The number of anilines is 1. The third kappa shape index (κ3) is 5.09. The molecule has 24 heavy (non-hydrogen) atoms. The second-order valence-corrected chi connectivity index (χ2v) is 5.84. The number of thioether (sulfide) groups is 1. The summed E-state index contributed by atoms with van der Waals surface area (Å²) in [6.45, 7) is 0. The molecule has 0 saturated heterocycles. The number of rotatable bonds is 6. The molecule has 0 aliphatic rings. The molecular weight excluding hydrogens is 332 g/mol. The third-order valence-electron chi connectivity index (χ3n) is 2.83. The molecule has 1 aromatic carbocycles. The lowest BCUT2D eigenvalue weighted by Gasteiger charge is -2.11. The maximum absolute atomic E-state index is 11.7. The van der Waals surface area contributed by atoms with Crippen molar-refractivity contribution in [2.45, 2.75) is 5.03 Å². The van der Waals surface area contributed by atoms with E-state index in [9.17, 15) is 14.4 Å². The van der Waals surface area contributed by atoms with Crippen LogP contribution in [0.4, 0.5) is 5.69 Å². The fourth-order valence-corrected chi connectivity index (χ4v) is 2.26. The van der Waals surface area contributed by atoms with E-state index in [1.165, 1.54) is 6.21 Å². The summed E-state index contributed by atoms with van der Waals surface area (Å²) in [6, 6.07) is 7.63. The lowest BCUT2D eigenvalue weighted by molar-refractivity contribution is -0.118. The minimum Gasteiger partial charge on any atom is -0.378 e. The van der Waals surface area contributed by atoms with Crippen molar-refractivity contribution in [3.63, 3.8) is 0 Å². The first-order valence-electron chi connectivity index (χ1n) is 6.87. The molecule has 0 spiro atoms. The number of carbonyl (C=O) groups is 1. The summed E-state index contributed by atoms with van der Waals surface area (Å²) in [5, 5.41) is 9.51. The average molecular weight is 348 g/mol. The van der Waals surface area contributed by atoms with Crippen molar-refractivity contribution in [1.29, 1.82) is 0 Å². The number of benzene rings is 1. The van der Waals surface area contributed by atoms with Gasteiger partial charge in [0.05, 0.1) is 12.0 Å². The van der Waals surface area contributed by atoms with Crippen molar-refractivity contribution in [3.8, 4) is 0 Å². The van der Waals surface area contributed by atoms with E-state index in [4.69, 9.17) is 0 Å². The van der Waals surface area contributed by atoms with Gasteiger partial charge in [0.15, 0.2) is 5.03 Å². The molecule has 3 N–H and O–H groups in total. The van der Waals surface area contributed by atoms with Crippen LogP contribution in [0, 0.1) is 0 Å². The first kappa shape index (κ1) is 17.5. The summed E-state index contributed by atoms with van der Waals surface area (Å²) in [5.41, 5.74) is 2.92. The summed E-state index contributed by atoms with van der Waals surface area (Å²) < 4.78 is 0. The number of carbonyl (C=O) groups excluding carboxylic acids is 1. The molecule has 126 valence electrons. The van der Waals surface area contributed by atoms with Gasteiger partial charge in [-0.15, -0.1) is 0 Å². The zero-order chi connectivity index (χ0) is 17.5. The highest BCUT2D eigenvalue weighted by atomic mass is 32.2. The smallest absolute Gasteiger partial charge is 0.342 e. The molecule has 0 saturated carbocycles. The van der Waals surface area contributed by atoms with Gasteiger partial charge in [0.2, 0.25) is 5.91 Å². The number of aromatic nitrogens is 3. The van der Waals surface area contributed by atoms with Crippen LogP contribution in [0.15, 0.2) is 44.0 Å². The number of amides is 1. The molecule has 1 aromatic heterocycles. The fourth-order valence-electron chi connectivity index (χ4n) is 1.64. The molecule has 9 nitrogen and oxygen atoms in total. The van der Waals surface area contributed by atoms with Crippen LogP contribution in [-0.4, -0.2) is 47.2 Å². The first-order chi connectivity index (χ1) is 11.5. The molecule has 2 aromatic rings. The van der Waals surface area contributed by atoms with Crippen molar-refractivity contribution in [2.75, 3.05) is 24.7 Å². The van der Waals surface area contributed by atoms with E-state index in [1.54, 1.807) is 0 Å². The Kier molecular flexibility index (Phi) is 5.90. The molecule has 0 radical (unpaired) electrons. The molecule has 0 bridgehead atoms. The van der Waals surface area contributed by atoms with E-state index in [0.717, 1.165) is 23.0 Å². The van der Waals surface area contributed by atoms with Crippen LogP contribution in [0.2, 0.25) is 0 Å². The maximum atomic E-state index is 11.7. The number of hydrogen-bond acceptors (Lipinski definition) is 7. The van der Waals surface area contributed by atoms with E-state index in [-0.39, 0.29) is 10.8 Å². The Morgan fingerprint density at radius 1 is 1.33 bits per heavy atom. The van der Waals surface area contributed by atoms with Gasteiger partial charge in [-0.05, 0) is 17.7 Å². The Bertz CT molecular complexity index is 841. The monoisotopic (exact) mass is 348 g/mol. The first-order valence-corrected chi connectivity index (χ1v) is 7.85. The Morgan fingerprint density at radius 3 is 2.67 bits per heavy atom. The average Bonchev–Trinajstić information content (AvgIpc) is 2.54. The van der Waals surface area contributed by atoms with Crippen LogP contribution < -0.4 is 21.6 Å². The zero-order valence-corrected chi connectivity index (χ0v) is 13.9. The van der Waals surface area contributed by atoms with Crippen molar-refractivity contribution in [2.24, 2.45) is 5.10 Å². The minimum atomic E-state index is -0.696. The molecule has 1 heterocycles. The van der Waals surface area contributed by atoms with Crippen molar-refractivity contribution in [3.05, 3.63) is 50.7 Å². The van der Waals surface area contributed by atoms with Crippen molar-refractivity contribution >= 4 is 29.6 Å². The molecule has 1 amide bonds. The van der Waals surface area contributed by atoms with Gasteiger partial charge in [0.1, 0.15) is 0 Å². The zero-order valence-electron chi connectivity index (χ0n) is 13.1. The Hall–Kier alpha value is -2.88. The Labute approximate surface area is 141 Å². The second-order valence-electron chi connectivity index (χ2n) is 4.88. The summed E-state index contributed by atoms with van der Waals surface area (Å²) in [5.74, 6) is -0.451. The van der Waals surface area contributed by atoms with E-state index in [2.05, 4.69) is 20.7 Å². The molecule has 2 rings (SSSR count). The van der Waals surface area contributed by atoms with Crippen LogP contribution in [0.5, 0.6) is 0 Å². The predicted octanol–water partition coefficient (Wildman–Crippen LogP) is -0.233. The van der Waals surface area contributed by atoms with Gasteiger partial charge in [-0.3, -0.25) is 14.6 Å². The summed E-state index contributed by atoms with van der Waals surface area (Å²) >= 11 is 0.899. The van der Waals surface area contributed by atoms with E-state index >= 15 is 0 Å². The van der Waals surface area contributed by atoms with E-state index in [0.29, 0.717) is 0 Å². The Morgan fingerprint density at radius 2 is 2.04 bits per heavy atom. The van der Waals surface area contributed by atoms with E-state index < -0.39 is 17.2 Å². The molecule has 0 aliphatic heterocycles. The lowest BCUT2D eigenvalue weighted by atomic mass is 10.2. The highest BCUT2D eigenvalue weighted by molar-refractivity contribution is 7.99. The molecule has 0 aliphatic carbocycles. The number of nitrogens with one attached hydrogen (secondary N) is 3. The minimum absolute atomic E-state index is 0.00741. The summed E-state index contributed by atoms with van der Waals surface area (Å²) in [6.07, 6.45) is 1.52. The van der Waals surface area contributed by atoms with Gasteiger partial charge in [-0.2, -0.15) is 10.2 Å². The van der Waals surface area contributed by atoms with Gasteiger partial charge < -0.3 is 4.90 Å². The predicted molar refractivity (Wildman–Crippen MR) is 92.7 cm³/mol. The number of nitrogens with zero attached hydrogens (tertiary/aromatic N) is 3. The van der Waals surface area contributed by atoms with Gasteiger partial charge in [-0.1, -0.05) is 23.9 Å². The number of hydrazone groups is 1. The summed E-state index contributed by atoms with van der Waals surface area (Å²) in [4.78, 5) is 37.9. The number of hydrogen-bond donors (Lipinski definition) is 3. The van der Waals surface area contributed by atoms with Crippen LogP contribution in [0.3, 0.4) is 0 Å². The highest BCUT2D eigenvalue weighted by Crippen LogP contribution is 2.11. The number of H-pyrrole nitrogens is 2. The highest BCUT2D eigenvalue weighted by Gasteiger charge is 2.07. The van der Waals surface area contributed by atoms with Gasteiger partial charge >= 0.3 is 5.69 Å². The maximum Gasteiger partial charge on any atom is 0.342 e. The Balaban J connectivity index is 1.84. The van der Waals surface area contributed by atoms with Crippen LogP contribution in [-0.2, 0) is 4.79 Å². The molecule has 0 unspecified atom stereocenters. The van der Waals surface area contributed by atoms with Crippen LogP contribution in [0.1, 0.15) is 5.56 Å². The second kappa shape index (κ2) is 8.11. The normalized spacial score (nSPS) is 10.8. The van der Waals surface area contributed by atoms with Crippen LogP contribution >= 0.6 is 11.8 Å². The lowest BCUT2D eigenvalue weighted by Crippen LogP contribution is -2.26. The van der Waals surface area contributed by atoms with Gasteiger partial charge in [0, 0.05) is 19.8 Å². The summed E-state index contributed by atoms with van der Waals surface area (Å²) in [7, 11) is 3.90. The molecular formula is C14H16N6O3S. The van der Waals surface area contributed by atoms with Crippen molar-refractivity contribution in [1.82, 2.24) is 20.6 Å². The molecule has 0 atom stereocenters. The molecule has 0 fully saturated rings. The third-order valence-corrected chi connectivity index (χ3v) is 3.79. The number of aromatic amines is 2. The quantitative estimate of drug-likeness (QED) is 0.376. The SMILES string of the molecule is CN(C)c1ccc(/C=N/NC(=O)CSc2n[nH]c(=O)[nH]c2=O)cc1. The fraction of sp³-hybridized carbons (Fsp3) is 0.214. The van der Waals surface area contributed by atoms with Gasteiger partial charge in [-0.25, -0.2) is 15.3 Å². The van der Waals surface area contributed by atoms with Gasteiger partial charge in [0.25, 0.3) is 5.56 Å².